The molecule has 0 aliphatic heterocycles. The Morgan fingerprint density at radius 3 is 1.27 bits per heavy atom. The molecule has 0 saturated heterocycles. The Bertz CT molecular complexity index is 1180. The van der Waals surface area contributed by atoms with E-state index in [1.54, 1.807) is 0 Å². The number of aryl methyl sites for hydroxylation is 2. The maximum absolute atomic E-state index is 10.3. The molecular weight excluding hydrogens is 508 g/mol. The van der Waals surface area contributed by atoms with Gasteiger partial charge in [0.2, 0.25) is 0 Å². The van der Waals surface area contributed by atoms with Crippen molar-refractivity contribution in [2.45, 2.75) is 93.3 Å². The highest BCUT2D eigenvalue weighted by Crippen LogP contribution is 2.21. The number of hydrogen-bond acceptors (Lipinski definition) is 5. The minimum Gasteiger partial charge on any atom is -0.411 e. The van der Waals surface area contributed by atoms with Crippen LogP contribution in [-0.4, -0.2) is 34.0 Å². The zero-order valence-electron chi connectivity index (χ0n) is 26.1. The summed E-state index contributed by atoms with van der Waals surface area (Å²) in [6.07, 6.45) is 10.6. The number of allylic oxidation sites excluding steroid dienone is 6. The summed E-state index contributed by atoms with van der Waals surface area (Å²) in [6, 6.07) is 15.7. The molecule has 0 heterocycles. The van der Waals surface area contributed by atoms with Crippen LogP contribution in [0.15, 0.2) is 105 Å². The van der Waals surface area contributed by atoms with Gasteiger partial charge >= 0.3 is 0 Å². The van der Waals surface area contributed by atoms with Crippen molar-refractivity contribution < 1.29 is 15.2 Å². The lowest BCUT2D eigenvalue weighted by molar-refractivity contribution is 0.113. The van der Waals surface area contributed by atoms with Crippen LogP contribution >= 0.6 is 0 Å². The molecular formula is C36H48N2O3. The van der Waals surface area contributed by atoms with Crippen molar-refractivity contribution in [3.8, 4) is 0 Å². The van der Waals surface area contributed by atoms with Crippen LogP contribution in [0, 0.1) is 13.8 Å². The Hall–Kier alpha value is -3.70. The third kappa shape index (κ3) is 11.7. The summed E-state index contributed by atoms with van der Waals surface area (Å²) in [7, 11) is 0. The second kappa shape index (κ2) is 17.2. The van der Waals surface area contributed by atoms with Gasteiger partial charge in [0.25, 0.3) is 0 Å². The Morgan fingerprint density at radius 2 is 0.976 bits per heavy atom. The molecule has 0 spiro atoms. The van der Waals surface area contributed by atoms with Gasteiger partial charge in [-0.25, -0.2) is 0 Å². The van der Waals surface area contributed by atoms with Crippen LogP contribution in [0.3, 0.4) is 0 Å². The van der Waals surface area contributed by atoms with E-state index in [4.69, 9.17) is 4.74 Å². The van der Waals surface area contributed by atoms with Crippen molar-refractivity contribution in [3.63, 3.8) is 0 Å². The highest BCUT2D eigenvalue weighted by molar-refractivity contribution is 6.07. The van der Waals surface area contributed by atoms with Gasteiger partial charge in [0.15, 0.2) is 0 Å². The van der Waals surface area contributed by atoms with Crippen molar-refractivity contribution in [3.05, 3.63) is 117 Å². The number of nitrogens with zero attached hydrogens (tertiary/aromatic N) is 2. The van der Waals surface area contributed by atoms with Crippen LogP contribution in [0.4, 0.5) is 0 Å². The summed E-state index contributed by atoms with van der Waals surface area (Å²) in [5, 5.41) is 28.0. The van der Waals surface area contributed by atoms with Gasteiger partial charge in [0, 0.05) is 11.1 Å². The molecule has 0 radical (unpaired) electrons. The van der Waals surface area contributed by atoms with Gasteiger partial charge in [0.1, 0.15) is 23.6 Å². The maximum Gasteiger partial charge on any atom is 0.123 e. The standard InChI is InChI=1S/C36H48N2O3/c1-25(2)11-9-13-29(7)23-33(35(37-39)31-19-15-27(5)16-20-31)41-34(24-30(8)14-10-12-26(3)4)36(38-40)32-21-17-28(6)18-22-32/h11-12,15-24,33-34,39-40H,9-10,13-14H2,1-8H3/b29-23+,30-24+,37-35?,38-36?. The van der Waals surface area contributed by atoms with Crippen molar-refractivity contribution in [1.29, 1.82) is 0 Å². The van der Waals surface area contributed by atoms with Crippen molar-refractivity contribution >= 4 is 11.4 Å². The first kappa shape index (κ1) is 33.5. The summed E-state index contributed by atoms with van der Waals surface area (Å²) >= 11 is 0. The van der Waals surface area contributed by atoms with Gasteiger partial charge in [-0.15, -0.1) is 0 Å². The molecule has 220 valence electrons. The monoisotopic (exact) mass is 556 g/mol. The molecule has 0 fully saturated rings. The second-order valence-electron chi connectivity index (χ2n) is 11.3. The highest BCUT2D eigenvalue weighted by atomic mass is 16.5. The molecule has 0 aliphatic rings. The van der Waals surface area contributed by atoms with Gasteiger partial charge in [-0.05, 0) is 81.1 Å². The van der Waals surface area contributed by atoms with E-state index in [0.29, 0.717) is 11.4 Å². The summed E-state index contributed by atoms with van der Waals surface area (Å²) in [4.78, 5) is 0. The smallest absolute Gasteiger partial charge is 0.123 e. The van der Waals surface area contributed by atoms with Crippen LogP contribution in [-0.2, 0) is 4.74 Å². The predicted octanol–water partition coefficient (Wildman–Crippen LogP) is 9.50. The van der Waals surface area contributed by atoms with E-state index in [-0.39, 0.29) is 0 Å². The first-order valence-electron chi connectivity index (χ1n) is 14.4. The van der Waals surface area contributed by atoms with E-state index < -0.39 is 12.2 Å². The lowest BCUT2D eigenvalue weighted by atomic mass is 9.98. The zero-order chi connectivity index (χ0) is 30.4. The summed E-state index contributed by atoms with van der Waals surface area (Å²) in [5.41, 5.74) is 9.31. The molecule has 0 aliphatic carbocycles. The fraction of sp³-hybridized carbons (Fsp3) is 0.389. The summed E-state index contributed by atoms with van der Waals surface area (Å²) in [5.74, 6) is 0. The van der Waals surface area contributed by atoms with Crippen LogP contribution in [0.2, 0.25) is 0 Å². The molecule has 5 heteroatoms. The molecule has 2 unspecified atom stereocenters. The van der Waals surface area contributed by atoms with Gasteiger partial charge in [-0.3, -0.25) is 0 Å². The molecule has 2 N–H and O–H groups in total. The van der Waals surface area contributed by atoms with Gasteiger partial charge in [-0.1, -0.05) is 117 Å². The molecule has 2 rings (SSSR count). The average molecular weight is 557 g/mol. The SMILES string of the molecule is CC(C)=CCC/C(C)=C/C(OC(/C=C(\C)CCC=C(C)C)C(=NO)c1ccc(C)cc1)C(=NO)c1ccc(C)cc1. The van der Waals surface area contributed by atoms with Crippen LogP contribution in [0.5, 0.6) is 0 Å². The molecule has 5 nitrogen and oxygen atoms in total. The fourth-order valence-electron chi connectivity index (χ4n) is 4.39. The molecule has 0 aromatic heterocycles. The first-order chi connectivity index (χ1) is 19.5. The number of oxime groups is 2. The van der Waals surface area contributed by atoms with Gasteiger partial charge < -0.3 is 15.2 Å². The summed E-state index contributed by atoms with van der Waals surface area (Å²) < 4.78 is 6.76. The third-order valence-electron chi connectivity index (χ3n) is 6.80. The van der Waals surface area contributed by atoms with E-state index in [0.717, 1.165) is 59.1 Å². The second-order valence-corrected chi connectivity index (χ2v) is 11.3. The number of ether oxygens (including phenoxy) is 1. The molecule has 0 saturated carbocycles. The van der Waals surface area contributed by atoms with Crippen LogP contribution < -0.4 is 0 Å². The van der Waals surface area contributed by atoms with Crippen LogP contribution in [0.25, 0.3) is 0 Å². The zero-order valence-corrected chi connectivity index (χ0v) is 26.1. The van der Waals surface area contributed by atoms with Crippen molar-refractivity contribution in [2.24, 2.45) is 10.3 Å². The number of rotatable bonds is 14. The normalized spacial score (nSPS) is 14.4. The third-order valence-corrected chi connectivity index (χ3v) is 6.80. The molecule has 2 aromatic rings. The molecule has 2 atom stereocenters. The Kier molecular flexibility index (Phi) is 14.0. The van der Waals surface area contributed by atoms with Crippen LogP contribution in [0.1, 0.15) is 89.5 Å². The molecule has 0 amide bonds. The van der Waals surface area contributed by atoms with E-state index in [1.807, 2.05) is 74.5 Å². The van der Waals surface area contributed by atoms with Crippen molar-refractivity contribution in [2.75, 3.05) is 0 Å². The van der Waals surface area contributed by atoms with E-state index >= 15 is 0 Å². The maximum atomic E-state index is 10.3. The first-order valence-corrected chi connectivity index (χ1v) is 14.4. The number of hydrogen-bond donors (Lipinski definition) is 2. The topological polar surface area (TPSA) is 74.4 Å². The van der Waals surface area contributed by atoms with E-state index in [1.165, 1.54) is 11.1 Å². The van der Waals surface area contributed by atoms with Gasteiger partial charge in [-0.2, -0.15) is 0 Å². The Labute approximate surface area is 247 Å². The number of benzene rings is 2. The average Bonchev–Trinajstić information content (AvgIpc) is 2.91. The minimum absolute atomic E-state index is 0.397. The fourth-order valence-corrected chi connectivity index (χ4v) is 4.39. The molecule has 0 bridgehead atoms. The predicted molar refractivity (Wildman–Crippen MR) is 173 cm³/mol. The Balaban J connectivity index is 2.60. The highest BCUT2D eigenvalue weighted by Gasteiger charge is 2.26. The van der Waals surface area contributed by atoms with Crippen molar-refractivity contribution in [1.82, 2.24) is 0 Å². The lowest BCUT2D eigenvalue weighted by Gasteiger charge is -2.24. The van der Waals surface area contributed by atoms with E-state index in [9.17, 15) is 10.4 Å². The Morgan fingerprint density at radius 1 is 0.634 bits per heavy atom. The quantitative estimate of drug-likeness (QED) is 0.105. The van der Waals surface area contributed by atoms with Gasteiger partial charge in [0.05, 0.1) is 0 Å². The van der Waals surface area contributed by atoms with E-state index in [2.05, 4.69) is 64.0 Å². The largest absolute Gasteiger partial charge is 0.411 e. The lowest BCUT2D eigenvalue weighted by Crippen LogP contribution is -2.33. The minimum atomic E-state index is -0.691. The molecule has 41 heavy (non-hydrogen) atoms. The molecule has 2 aromatic carbocycles. The summed E-state index contributed by atoms with van der Waals surface area (Å²) in [6.45, 7) is 16.5.